The van der Waals surface area contributed by atoms with Crippen LogP contribution >= 0.6 is 0 Å². The average Bonchev–Trinajstić information content (AvgIpc) is 3.36. The van der Waals surface area contributed by atoms with E-state index in [-0.39, 0.29) is 18.4 Å². The van der Waals surface area contributed by atoms with E-state index in [9.17, 15) is 9.59 Å². The van der Waals surface area contributed by atoms with Crippen LogP contribution in [0.5, 0.6) is 11.5 Å². The van der Waals surface area contributed by atoms with Crippen LogP contribution in [0.4, 0.5) is 0 Å². The lowest BCUT2D eigenvalue weighted by Crippen LogP contribution is -2.55. The van der Waals surface area contributed by atoms with Gasteiger partial charge in [-0.2, -0.15) is 0 Å². The highest BCUT2D eigenvalue weighted by molar-refractivity contribution is 5.82. The molecule has 0 radical (unpaired) electrons. The Morgan fingerprint density at radius 2 is 1.52 bits per heavy atom. The van der Waals surface area contributed by atoms with Gasteiger partial charge >= 0.3 is 0 Å². The zero-order chi connectivity index (χ0) is 22.6. The summed E-state index contributed by atoms with van der Waals surface area (Å²) in [7, 11) is 0. The van der Waals surface area contributed by atoms with Gasteiger partial charge < -0.3 is 23.7 Å². The van der Waals surface area contributed by atoms with Crippen LogP contribution in [-0.2, 0) is 16.0 Å². The van der Waals surface area contributed by atoms with Crippen molar-refractivity contribution in [3.8, 4) is 22.8 Å². The molecule has 1 saturated heterocycles. The molecule has 3 heterocycles. The standard InChI is InChI=1S/C26H26N2O5/c29-25(13-11-20-10-12-21(32-20)19-6-2-1-3-7-19)27-14-16-28(17-15-27)26(30)24-18-31-22-8-4-5-9-23(22)33-24/h1-10,12,24H,11,13-18H2. The number of fused-ring (bicyclic) bond motifs is 1. The molecule has 2 amide bonds. The van der Waals surface area contributed by atoms with Crippen molar-refractivity contribution in [2.45, 2.75) is 18.9 Å². The predicted octanol–water partition coefficient (Wildman–Crippen LogP) is 3.39. The van der Waals surface area contributed by atoms with Crippen LogP contribution in [0, 0.1) is 0 Å². The van der Waals surface area contributed by atoms with Gasteiger partial charge in [0.05, 0.1) is 0 Å². The van der Waals surface area contributed by atoms with Gasteiger partial charge in [0.25, 0.3) is 5.91 Å². The Morgan fingerprint density at radius 1 is 0.818 bits per heavy atom. The molecule has 0 bridgehead atoms. The molecular weight excluding hydrogens is 420 g/mol. The van der Waals surface area contributed by atoms with Crippen molar-refractivity contribution in [1.29, 1.82) is 0 Å². The minimum Gasteiger partial charge on any atom is -0.485 e. The number of carbonyl (C=O) groups excluding carboxylic acids is 2. The smallest absolute Gasteiger partial charge is 0.267 e. The van der Waals surface area contributed by atoms with Gasteiger partial charge in [-0.15, -0.1) is 0 Å². The Balaban J connectivity index is 1.09. The van der Waals surface area contributed by atoms with Crippen LogP contribution in [0.3, 0.4) is 0 Å². The van der Waals surface area contributed by atoms with Crippen molar-refractivity contribution >= 4 is 11.8 Å². The van der Waals surface area contributed by atoms with Crippen LogP contribution in [0.1, 0.15) is 12.2 Å². The van der Waals surface area contributed by atoms with E-state index in [1.807, 2.05) is 65.6 Å². The fourth-order valence-electron chi connectivity index (χ4n) is 4.18. The first-order valence-electron chi connectivity index (χ1n) is 11.3. The van der Waals surface area contributed by atoms with Crippen molar-refractivity contribution in [2.24, 2.45) is 0 Å². The molecular formula is C26H26N2O5. The molecule has 2 aliphatic heterocycles. The number of amides is 2. The minimum absolute atomic E-state index is 0.0749. The highest BCUT2D eigenvalue weighted by Crippen LogP contribution is 2.31. The summed E-state index contributed by atoms with van der Waals surface area (Å²) >= 11 is 0. The lowest BCUT2D eigenvalue weighted by atomic mass is 10.2. The van der Waals surface area contributed by atoms with Gasteiger partial charge in [0, 0.05) is 44.6 Å². The molecule has 170 valence electrons. The summed E-state index contributed by atoms with van der Waals surface area (Å²) in [6.07, 6.45) is 0.281. The Labute approximate surface area is 192 Å². The normalized spacial score (nSPS) is 17.6. The van der Waals surface area contributed by atoms with Crippen LogP contribution < -0.4 is 9.47 Å². The number of furan rings is 1. The topological polar surface area (TPSA) is 72.2 Å². The molecule has 1 atom stereocenters. The fraction of sp³-hybridized carbons (Fsp3) is 0.308. The zero-order valence-electron chi connectivity index (χ0n) is 18.3. The third kappa shape index (κ3) is 4.72. The zero-order valence-corrected chi connectivity index (χ0v) is 18.3. The van der Waals surface area contributed by atoms with Crippen molar-refractivity contribution in [3.63, 3.8) is 0 Å². The average molecular weight is 447 g/mol. The van der Waals surface area contributed by atoms with Crippen LogP contribution in [0.2, 0.25) is 0 Å². The highest BCUT2D eigenvalue weighted by Gasteiger charge is 2.33. The molecule has 7 nitrogen and oxygen atoms in total. The molecule has 7 heteroatoms. The highest BCUT2D eigenvalue weighted by atomic mass is 16.6. The van der Waals surface area contributed by atoms with Gasteiger partial charge in [-0.05, 0) is 24.3 Å². The number of para-hydroxylation sites is 2. The van der Waals surface area contributed by atoms with Gasteiger partial charge in [0.1, 0.15) is 18.1 Å². The first-order valence-corrected chi connectivity index (χ1v) is 11.3. The molecule has 1 unspecified atom stereocenters. The van der Waals surface area contributed by atoms with Gasteiger partial charge in [-0.25, -0.2) is 0 Å². The van der Waals surface area contributed by atoms with Crippen LogP contribution in [-0.4, -0.2) is 60.5 Å². The van der Waals surface area contributed by atoms with Crippen LogP contribution in [0.25, 0.3) is 11.3 Å². The monoisotopic (exact) mass is 446 g/mol. The third-order valence-electron chi connectivity index (χ3n) is 6.03. The lowest BCUT2D eigenvalue weighted by molar-refractivity contribution is -0.146. The quantitative estimate of drug-likeness (QED) is 0.601. The summed E-state index contributed by atoms with van der Waals surface area (Å²) in [6, 6.07) is 21.1. The first kappa shape index (κ1) is 21.1. The summed E-state index contributed by atoms with van der Waals surface area (Å²) < 4.78 is 17.4. The van der Waals surface area contributed by atoms with Crippen molar-refractivity contribution in [1.82, 2.24) is 9.80 Å². The summed E-state index contributed by atoms with van der Waals surface area (Å²) in [4.78, 5) is 29.1. The van der Waals surface area contributed by atoms with Gasteiger partial charge in [-0.1, -0.05) is 42.5 Å². The Morgan fingerprint density at radius 3 is 2.30 bits per heavy atom. The van der Waals surface area contributed by atoms with Gasteiger partial charge in [0.15, 0.2) is 11.5 Å². The van der Waals surface area contributed by atoms with E-state index in [2.05, 4.69) is 0 Å². The molecule has 0 saturated carbocycles. The van der Waals surface area contributed by atoms with Crippen molar-refractivity contribution in [2.75, 3.05) is 32.8 Å². The Kier molecular flexibility index (Phi) is 6.02. The van der Waals surface area contributed by atoms with E-state index >= 15 is 0 Å². The second kappa shape index (κ2) is 9.40. The van der Waals surface area contributed by atoms with Crippen molar-refractivity contribution in [3.05, 3.63) is 72.5 Å². The van der Waals surface area contributed by atoms with E-state index < -0.39 is 6.10 Å². The van der Waals surface area contributed by atoms with Crippen molar-refractivity contribution < 1.29 is 23.5 Å². The molecule has 1 fully saturated rings. The second-order valence-corrected chi connectivity index (χ2v) is 8.20. The van der Waals surface area contributed by atoms with E-state index in [1.165, 1.54) is 0 Å². The number of benzene rings is 2. The second-order valence-electron chi connectivity index (χ2n) is 8.20. The number of ether oxygens (including phenoxy) is 2. The SMILES string of the molecule is O=C(CCc1ccc(-c2ccccc2)o1)N1CCN(C(=O)C2COc3ccccc3O2)CC1. The van der Waals surface area contributed by atoms with Gasteiger partial charge in [-0.3, -0.25) is 9.59 Å². The summed E-state index contributed by atoms with van der Waals surface area (Å²) in [5, 5.41) is 0. The number of rotatable bonds is 5. The van der Waals surface area contributed by atoms with E-state index in [0.717, 1.165) is 17.1 Å². The number of hydrogen-bond donors (Lipinski definition) is 0. The molecule has 0 aliphatic carbocycles. The van der Waals surface area contributed by atoms with Gasteiger partial charge in [0.2, 0.25) is 12.0 Å². The number of aryl methyl sites for hydroxylation is 1. The lowest BCUT2D eigenvalue weighted by Gasteiger charge is -2.37. The number of nitrogens with zero attached hydrogens (tertiary/aromatic N) is 2. The molecule has 5 rings (SSSR count). The predicted molar refractivity (Wildman–Crippen MR) is 122 cm³/mol. The summed E-state index contributed by atoms with van der Waals surface area (Å²) in [6.45, 7) is 2.21. The molecule has 1 aromatic heterocycles. The molecule has 0 N–H and O–H groups in total. The largest absolute Gasteiger partial charge is 0.485 e. The number of hydrogen-bond acceptors (Lipinski definition) is 5. The fourth-order valence-corrected chi connectivity index (χ4v) is 4.18. The summed E-state index contributed by atoms with van der Waals surface area (Å²) in [5.74, 6) is 2.83. The molecule has 2 aliphatic rings. The third-order valence-corrected chi connectivity index (χ3v) is 6.03. The Hall–Kier alpha value is -3.74. The molecule has 33 heavy (non-hydrogen) atoms. The maximum atomic E-state index is 12.9. The van der Waals surface area contributed by atoms with E-state index in [4.69, 9.17) is 13.9 Å². The first-order chi connectivity index (χ1) is 16.2. The van der Waals surface area contributed by atoms with E-state index in [1.54, 1.807) is 11.0 Å². The molecule has 2 aromatic carbocycles. The Bertz CT molecular complexity index is 1120. The van der Waals surface area contributed by atoms with E-state index in [0.29, 0.717) is 50.5 Å². The summed E-state index contributed by atoms with van der Waals surface area (Å²) in [5.41, 5.74) is 1.02. The number of piperazine rings is 1. The molecule has 0 spiro atoms. The number of carbonyl (C=O) groups is 2. The van der Waals surface area contributed by atoms with Crippen LogP contribution in [0.15, 0.2) is 71.1 Å². The minimum atomic E-state index is -0.653. The molecule has 3 aromatic rings. The maximum Gasteiger partial charge on any atom is 0.267 e. The maximum absolute atomic E-state index is 12.9.